The fourth-order valence-electron chi connectivity index (χ4n) is 2.13. The van der Waals surface area contributed by atoms with Crippen LogP contribution in [-0.2, 0) is 14.3 Å². The Morgan fingerprint density at radius 1 is 1.44 bits per heavy atom. The fraction of sp³-hybridized carbons (Fsp3) is 0.923. The normalized spacial score (nSPS) is 27.4. The molecular formula is C13H24N2O3. The number of hydrogen-bond acceptors (Lipinski definition) is 4. The molecule has 0 bridgehead atoms. The molecule has 1 saturated heterocycles. The lowest BCUT2D eigenvalue weighted by Crippen LogP contribution is -2.40. The van der Waals surface area contributed by atoms with Gasteiger partial charge in [0.15, 0.2) is 0 Å². The monoisotopic (exact) mass is 256 g/mol. The standard InChI is InChI=1S/C13H24N2O3/c1-17-11-7-12(15-8-11)13(16)14-5-2-6-18-9-10-3-4-10/h10-12,15H,2-9H2,1H3,(H,14,16). The number of carbonyl (C=O) groups is 1. The van der Waals surface area contributed by atoms with Crippen LogP contribution >= 0.6 is 0 Å². The zero-order chi connectivity index (χ0) is 12.8. The Kier molecular flexibility index (Phi) is 5.41. The number of carbonyl (C=O) groups excluding carboxylic acids is 1. The van der Waals surface area contributed by atoms with Crippen molar-refractivity contribution in [2.24, 2.45) is 5.92 Å². The maximum absolute atomic E-state index is 11.8. The number of ether oxygens (including phenoxy) is 2. The molecule has 1 saturated carbocycles. The number of hydrogen-bond donors (Lipinski definition) is 2. The van der Waals surface area contributed by atoms with Crippen LogP contribution in [0.1, 0.15) is 25.7 Å². The molecular weight excluding hydrogens is 232 g/mol. The molecule has 1 heterocycles. The van der Waals surface area contributed by atoms with Crippen LogP contribution in [0.3, 0.4) is 0 Å². The maximum Gasteiger partial charge on any atom is 0.237 e. The summed E-state index contributed by atoms with van der Waals surface area (Å²) >= 11 is 0. The van der Waals surface area contributed by atoms with Crippen LogP contribution in [-0.4, -0.2) is 51.5 Å². The lowest BCUT2D eigenvalue weighted by molar-refractivity contribution is -0.123. The lowest BCUT2D eigenvalue weighted by Gasteiger charge is -2.11. The van der Waals surface area contributed by atoms with E-state index in [0.717, 1.165) is 38.5 Å². The van der Waals surface area contributed by atoms with Gasteiger partial charge in [0, 0.05) is 33.4 Å². The first kappa shape index (κ1) is 13.8. The van der Waals surface area contributed by atoms with Crippen LogP contribution in [0.25, 0.3) is 0 Å². The van der Waals surface area contributed by atoms with Gasteiger partial charge in [-0.2, -0.15) is 0 Å². The summed E-state index contributed by atoms with van der Waals surface area (Å²) in [7, 11) is 1.68. The fourth-order valence-corrected chi connectivity index (χ4v) is 2.13. The van der Waals surface area contributed by atoms with Crippen molar-refractivity contribution in [3.8, 4) is 0 Å². The van der Waals surface area contributed by atoms with E-state index in [-0.39, 0.29) is 18.1 Å². The molecule has 0 radical (unpaired) electrons. The Bertz CT molecular complexity index is 269. The van der Waals surface area contributed by atoms with E-state index in [4.69, 9.17) is 9.47 Å². The summed E-state index contributed by atoms with van der Waals surface area (Å²) in [6.45, 7) is 3.10. The summed E-state index contributed by atoms with van der Waals surface area (Å²) in [4.78, 5) is 11.8. The predicted molar refractivity (Wildman–Crippen MR) is 68.4 cm³/mol. The summed E-state index contributed by atoms with van der Waals surface area (Å²) in [6.07, 6.45) is 4.47. The zero-order valence-corrected chi connectivity index (χ0v) is 11.1. The van der Waals surface area contributed by atoms with Gasteiger partial charge < -0.3 is 20.1 Å². The first-order chi connectivity index (χ1) is 8.79. The first-order valence-electron chi connectivity index (χ1n) is 6.91. The van der Waals surface area contributed by atoms with Gasteiger partial charge in [-0.3, -0.25) is 4.79 Å². The number of nitrogens with one attached hydrogen (secondary N) is 2. The van der Waals surface area contributed by atoms with Crippen molar-refractivity contribution in [2.75, 3.05) is 33.4 Å². The molecule has 104 valence electrons. The summed E-state index contributed by atoms with van der Waals surface area (Å²) < 4.78 is 10.7. The van der Waals surface area contributed by atoms with Crippen molar-refractivity contribution in [1.82, 2.24) is 10.6 Å². The average molecular weight is 256 g/mol. The predicted octanol–water partition coefficient (Wildman–Crippen LogP) is 0.296. The van der Waals surface area contributed by atoms with Gasteiger partial charge in [0.05, 0.1) is 12.1 Å². The second-order valence-corrected chi connectivity index (χ2v) is 5.22. The van der Waals surface area contributed by atoms with E-state index in [1.54, 1.807) is 7.11 Å². The minimum atomic E-state index is -0.0951. The Morgan fingerprint density at radius 3 is 2.94 bits per heavy atom. The van der Waals surface area contributed by atoms with Crippen LogP contribution in [0.15, 0.2) is 0 Å². The highest BCUT2D eigenvalue weighted by molar-refractivity contribution is 5.82. The van der Waals surface area contributed by atoms with E-state index in [1.165, 1.54) is 12.8 Å². The molecule has 2 rings (SSSR count). The summed E-state index contributed by atoms with van der Waals surface area (Å²) in [5.41, 5.74) is 0. The number of rotatable bonds is 8. The topological polar surface area (TPSA) is 59.6 Å². The van der Waals surface area contributed by atoms with E-state index in [2.05, 4.69) is 10.6 Å². The molecule has 2 unspecified atom stereocenters. The quantitative estimate of drug-likeness (QED) is 0.613. The highest BCUT2D eigenvalue weighted by Crippen LogP contribution is 2.28. The molecule has 18 heavy (non-hydrogen) atoms. The minimum absolute atomic E-state index is 0.0803. The molecule has 0 aromatic carbocycles. The van der Waals surface area contributed by atoms with E-state index < -0.39 is 0 Å². The molecule has 2 atom stereocenters. The first-order valence-corrected chi connectivity index (χ1v) is 6.91. The van der Waals surface area contributed by atoms with Gasteiger partial charge in [0.25, 0.3) is 0 Å². The van der Waals surface area contributed by atoms with E-state index >= 15 is 0 Å². The molecule has 2 N–H and O–H groups in total. The third kappa shape index (κ3) is 4.55. The number of amides is 1. The van der Waals surface area contributed by atoms with Gasteiger partial charge >= 0.3 is 0 Å². The maximum atomic E-state index is 11.8. The van der Waals surface area contributed by atoms with Crippen molar-refractivity contribution in [3.63, 3.8) is 0 Å². The van der Waals surface area contributed by atoms with Crippen LogP contribution < -0.4 is 10.6 Å². The summed E-state index contributed by atoms with van der Waals surface area (Å²) in [5.74, 6) is 0.894. The second-order valence-electron chi connectivity index (χ2n) is 5.22. The largest absolute Gasteiger partial charge is 0.381 e. The van der Waals surface area contributed by atoms with Gasteiger partial charge in [-0.15, -0.1) is 0 Å². The van der Waals surface area contributed by atoms with Crippen LogP contribution in [0.4, 0.5) is 0 Å². The molecule has 1 aliphatic carbocycles. The van der Waals surface area contributed by atoms with Gasteiger partial charge in [-0.05, 0) is 31.6 Å². The van der Waals surface area contributed by atoms with Crippen molar-refractivity contribution < 1.29 is 14.3 Å². The number of methoxy groups -OCH3 is 1. The Balaban J connectivity index is 1.46. The lowest BCUT2D eigenvalue weighted by atomic mass is 10.2. The molecule has 2 fully saturated rings. The van der Waals surface area contributed by atoms with E-state index in [1.807, 2.05) is 0 Å². The minimum Gasteiger partial charge on any atom is -0.381 e. The van der Waals surface area contributed by atoms with Gasteiger partial charge in [0.2, 0.25) is 5.91 Å². The van der Waals surface area contributed by atoms with Crippen molar-refractivity contribution >= 4 is 5.91 Å². The van der Waals surface area contributed by atoms with Crippen molar-refractivity contribution in [1.29, 1.82) is 0 Å². The Morgan fingerprint density at radius 2 is 2.28 bits per heavy atom. The molecule has 5 heteroatoms. The third-order valence-corrected chi connectivity index (χ3v) is 3.56. The summed E-state index contributed by atoms with van der Waals surface area (Å²) in [5, 5.41) is 6.10. The molecule has 1 amide bonds. The molecule has 0 aromatic heterocycles. The van der Waals surface area contributed by atoms with Gasteiger partial charge in [0.1, 0.15) is 0 Å². The molecule has 0 spiro atoms. The molecule has 1 aliphatic heterocycles. The molecule has 2 aliphatic rings. The smallest absolute Gasteiger partial charge is 0.237 e. The van der Waals surface area contributed by atoms with Gasteiger partial charge in [-0.1, -0.05) is 0 Å². The van der Waals surface area contributed by atoms with Crippen molar-refractivity contribution in [3.05, 3.63) is 0 Å². The molecule has 5 nitrogen and oxygen atoms in total. The zero-order valence-electron chi connectivity index (χ0n) is 11.1. The summed E-state index contributed by atoms with van der Waals surface area (Å²) in [6, 6.07) is -0.0951. The second kappa shape index (κ2) is 7.07. The van der Waals surface area contributed by atoms with Crippen molar-refractivity contribution in [2.45, 2.75) is 37.8 Å². The Labute approximate surface area is 109 Å². The average Bonchev–Trinajstić information content (AvgIpc) is 3.07. The SMILES string of the molecule is COC1CNC(C(=O)NCCCOCC2CC2)C1. The third-order valence-electron chi connectivity index (χ3n) is 3.56. The van der Waals surface area contributed by atoms with E-state index in [0.29, 0.717) is 6.54 Å². The Hall–Kier alpha value is -0.650. The molecule has 0 aromatic rings. The highest BCUT2D eigenvalue weighted by Gasteiger charge is 2.28. The van der Waals surface area contributed by atoms with E-state index in [9.17, 15) is 4.79 Å². The van der Waals surface area contributed by atoms with Crippen LogP contribution in [0.5, 0.6) is 0 Å². The highest BCUT2D eigenvalue weighted by atomic mass is 16.5. The van der Waals surface area contributed by atoms with Gasteiger partial charge in [-0.25, -0.2) is 0 Å². The van der Waals surface area contributed by atoms with Crippen LogP contribution in [0.2, 0.25) is 0 Å². The van der Waals surface area contributed by atoms with Crippen LogP contribution in [0, 0.1) is 5.92 Å².